The smallest absolute Gasteiger partial charge is 0.223 e. The molecule has 162 valence electrons. The van der Waals surface area contributed by atoms with Gasteiger partial charge in [0.1, 0.15) is 5.75 Å². The third-order valence-corrected chi connectivity index (χ3v) is 5.89. The highest BCUT2D eigenvalue weighted by Crippen LogP contribution is 2.25. The maximum absolute atomic E-state index is 12.7. The summed E-state index contributed by atoms with van der Waals surface area (Å²) in [4.78, 5) is 19.0. The van der Waals surface area contributed by atoms with Crippen LogP contribution in [0.25, 0.3) is 11.3 Å². The van der Waals surface area contributed by atoms with Gasteiger partial charge in [0.25, 0.3) is 0 Å². The number of benzene rings is 2. The summed E-state index contributed by atoms with van der Waals surface area (Å²) in [5, 5.41) is 0. The van der Waals surface area contributed by atoms with Crippen LogP contribution in [0.1, 0.15) is 37.6 Å². The summed E-state index contributed by atoms with van der Waals surface area (Å²) < 4.78 is 11.3. The molecule has 4 rings (SSSR count). The van der Waals surface area contributed by atoms with Gasteiger partial charge in [0.05, 0.1) is 12.8 Å². The number of oxazole rings is 1. The summed E-state index contributed by atoms with van der Waals surface area (Å²) in [6.45, 7) is 4.30. The van der Waals surface area contributed by atoms with E-state index in [1.165, 1.54) is 5.56 Å². The molecule has 0 bridgehead atoms. The monoisotopic (exact) mass is 418 g/mol. The van der Waals surface area contributed by atoms with Crippen molar-refractivity contribution in [2.24, 2.45) is 5.92 Å². The van der Waals surface area contributed by atoms with Crippen LogP contribution in [0, 0.1) is 5.92 Å². The molecule has 2 aromatic carbocycles. The molecule has 0 spiro atoms. The van der Waals surface area contributed by atoms with E-state index in [4.69, 9.17) is 9.15 Å². The molecule has 0 aliphatic carbocycles. The number of likely N-dealkylation sites (tertiary alicyclic amines) is 1. The Labute approximate surface area is 184 Å². The number of nitrogens with zero attached hydrogens (tertiary/aromatic N) is 2. The first-order valence-electron chi connectivity index (χ1n) is 11.2. The highest BCUT2D eigenvalue weighted by Gasteiger charge is 2.23. The molecule has 31 heavy (non-hydrogen) atoms. The van der Waals surface area contributed by atoms with Gasteiger partial charge in [-0.05, 0) is 61.9 Å². The van der Waals surface area contributed by atoms with Gasteiger partial charge in [-0.25, -0.2) is 4.98 Å². The van der Waals surface area contributed by atoms with Crippen LogP contribution in [-0.4, -0.2) is 35.5 Å². The Bertz CT molecular complexity index is 958. The SMILES string of the molecule is CCOc1ccc(-c2cnc(CCC(=O)N3CCC(Cc4ccccc4)CC3)o2)cc1. The number of ether oxygens (including phenoxy) is 1. The Morgan fingerprint density at radius 1 is 1.10 bits per heavy atom. The van der Waals surface area contributed by atoms with Crippen molar-refractivity contribution in [1.82, 2.24) is 9.88 Å². The zero-order valence-corrected chi connectivity index (χ0v) is 18.1. The molecular weight excluding hydrogens is 388 g/mol. The molecule has 5 nitrogen and oxygen atoms in total. The van der Waals surface area contributed by atoms with Gasteiger partial charge in [-0.3, -0.25) is 4.79 Å². The molecule has 0 N–H and O–H groups in total. The number of carbonyl (C=O) groups is 1. The minimum absolute atomic E-state index is 0.193. The predicted octanol–water partition coefficient (Wildman–Crippen LogP) is 5.15. The Balaban J connectivity index is 1.23. The van der Waals surface area contributed by atoms with E-state index in [1.54, 1.807) is 6.20 Å². The predicted molar refractivity (Wildman–Crippen MR) is 121 cm³/mol. The quantitative estimate of drug-likeness (QED) is 0.507. The van der Waals surface area contributed by atoms with E-state index < -0.39 is 0 Å². The fraction of sp³-hybridized carbons (Fsp3) is 0.385. The number of piperidine rings is 1. The first kappa shape index (κ1) is 21.2. The standard InChI is InChI=1S/C26H30N2O3/c1-2-30-23-10-8-22(9-11-23)24-19-27-25(31-24)12-13-26(29)28-16-14-21(15-17-28)18-20-6-4-3-5-7-20/h3-11,19,21H,2,12-18H2,1H3. The maximum atomic E-state index is 12.7. The van der Waals surface area contributed by atoms with Crippen molar-refractivity contribution in [1.29, 1.82) is 0 Å². The molecule has 1 saturated heterocycles. The number of carbonyl (C=O) groups excluding carboxylic acids is 1. The second kappa shape index (κ2) is 10.3. The molecule has 1 aliphatic heterocycles. The number of rotatable bonds is 8. The van der Waals surface area contributed by atoms with E-state index in [9.17, 15) is 4.79 Å². The van der Waals surface area contributed by atoms with E-state index >= 15 is 0 Å². The van der Waals surface area contributed by atoms with Crippen LogP contribution >= 0.6 is 0 Å². The van der Waals surface area contributed by atoms with Gasteiger partial charge < -0.3 is 14.1 Å². The van der Waals surface area contributed by atoms with Crippen molar-refractivity contribution in [3.05, 3.63) is 72.2 Å². The van der Waals surface area contributed by atoms with Gasteiger partial charge in [-0.1, -0.05) is 30.3 Å². The number of aromatic nitrogens is 1. The van der Waals surface area contributed by atoms with E-state index in [0.29, 0.717) is 37.0 Å². The maximum Gasteiger partial charge on any atom is 0.223 e. The molecule has 0 unspecified atom stereocenters. The fourth-order valence-corrected chi connectivity index (χ4v) is 4.15. The minimum Gasteiger partial charge on any atom is -0.494 e. The summed E-state index contributed by atoms with van der Waals surface area (Å²) in [6.07, 6.45) is 5.94. The summed E-state index contributed by atoms with van der Waals surface area (Å²) in [5.41, 5.74) is 2.34. The lowest BCUT2D eigenvalue weighted by molar-refractivity contribution is -0.132. The van der Waals surface area contributed by atoms with Gasteiger partial charge in [-0.2, -0.15) is 0 Å². The Hall–Kier alpha value is -3.08. The van der Waals surface area contributed by atoms with Crippen LogP contribution in [0.3, 0.4) is 0 Å². The third kappa shape index (κ3) is 5.75. The molecule has 1 aliphatic rings. The molecule has 3 aromatic rings. The molecule has 0 atom stereocenters. The Kier molecular flexibility index (Phi) is 7.03. The third-order valence-electron chi connectivity index (χ3n) is 5.89. The number of hydrogen-bond donors (Lipinski definition) is 0. The normalized spacial score (nSPS) is 14.5. The summed E-state index contributed by atoms with van der Waals surface area (Å²) >= 11 is 0. The van der Waals surface area contributed by atoms with Crippen LogP contribution in [0.15, 0.2) is 65.2 Å². The molecule has 2 heterocycles. The molecule has 0 radical (unpaired) electrons. The van der Waals surface area contributed by atoms with Crippen LogP contribution in [-0.2, 0) is 17.6 Å². The van der Waals surface area contributed by atoms with Crippen molar-refractivity contribution in [3.63, 3.8) is 0 Å². The van der Waals surface area contributed by atoms with Crippen LogP contribution in [0.4, 0.5) is 0 Å². The van der Waals surface area contributed by atoms with Crippen LogP contribution in [0.2, 0.25) is 0 Å². The lowest BCUT2D eigenvalue weighted by Gasteiger charge is -2.32. The van der Waals surface area contributed by atoms with Crippen molar-refractivity contribution in [2.75, 3.05) is 19.7 Å². The first-order valence-corrected chi connectivity index (χ1v) is 11.2. The Morgan fingerprint density at radius 3 is 2.55 bits per heavy atom. The largest absolute Gasteiger partial charge is 0.494 e. The number of hydrogen-bond acceptors (Lipinski definition) is 4. The highest BCUT2D eigenvalue weighted by atomic mass is 16.5. The number of aryl methyl sites for hydroxylation is 1. The van der Waals surface area contributed by atoms with E-state index in [0.717, 1.165) is 43.7 Å². The van der Waals surface area contributed by atoms with Crippen molar-refractivity contribution in [2.45, 2.75) is 39.0 Å². The topological polar surface area (TPSA) is 55.6 Å². The molecule has 0 saturated carbocycles. The summed E-state index contributed by atoms with van der Waals surface area (Å²) in [5.74, 6) is 3.02. The molecule has 5 heteroatoms. The highest BCUT2D eigenvalue weighted by molar-refractivity contribution is 5.76. The van der Waals surface area contributed by atoms with Gasteiger partial charge in [0.15, 0.2) is 11.7 Å². The summed E-state index contributed by atoms with van der Waals surface area (Å²) in [7, 11) is 0. The lowest BCUT2D eigenvalue weighted by Crippen LogP contribution is -2.39. The molecular formula is C26H30N2O3. The van der Waals surface area contributed by atoms with Crippen LogP contribution in [0.5, 0.6) is 5.75 Å². The number of amides is 1. The average Bonchev–Trinajstić information content (AvgIpc) is 3.28. The van der Waals surface area contributed by atoms with E-state index in [2.05, 4.69) is 35.3 Å². The zero-order valence-electron chi connectivity index (χ0n) is 18.1. The van der Waals surface area contributed by atoms with Gasteiger partial charge in [0, 0.05) is 31.5 Å². The lowest BCUT2D eigenvalue weighted by atomic mass is 9.90. The fourth-order valence-electron chi connectivity index (χ4n) is 4.15. The second-order valence-corrected chi connectivity index (χ2v) is 8.09. The summed E-state index contributed by atoms with van der Waals surface area (Å²) in [6, 6.07) is 18.4. The van der Waals surface area contributed by atoms with Gasteiger partial charge in [0.2, 0.25) is 5.91 Å². The molecule has 1 fully saturated rings. The average molecular weight is 419 g/mol. The van der Waals surface area contributed by atoms with Gasteiger partial charge >= 0.3 is 0 Å². The van der Waals surface area contributed by atoms with E-state index in [1.807, 2.05) is 36.1 Å². The second-order valence-electron chi connectivity index (χ2n) is 8.09. The molecule has 1 aromatic heterocycles. The zero-order chi connectivity index (χ0) is 21.5. The van der Waals surface area contributed by atoms with E-state index in [-0.39, 0.29) is 5.91 Å². The van der Waals surface area contributed by atoms with Crippen molar-refractivity contribution in [3.8, 4) is 17.1 Å². The minimum atomic E-state index is 0.193. The van der Waals surface area contributed by atoms with Crippen molar-refractivity contribution < 1.29 is 13.9 Å². The van der Waals surface area contributed by atoms with Crippen LogP contribution < -0.4 is 4.74 Å². The van der Waals surface area contributed by atoms with Crippen molar-refractivity contribution >= 4 is 5.91 Å². The first-order chi connectivity index (χ1) is 15.2. The Morgan fingerprint density at radius 2 is 1.84 bits per heavy atom. The molecule has 1 amide bonds. The van der Waals surface area contributed by atoms with Gasteiger partial charge in [-0.15, -0.1) is 0 Å².